The summed E-state index contributed by atoms with van der Waals surface area (Å²) in [6.45, 7) is 3.31. The average molecular weight is 272 g/mol. The second kappa shape index (κ2) is 4.51. The highest BCUT2D eigenvalue weighted by Crippen LogP contribution is 2.27. The Labute approximate surface area is 107 Å². The molecule has 0 aromatic heterocycles. The SMILES string of the molecule is CC1CN(c2ccc(S(C)(=O)=O)cc2F)CC1N. The molecule has 0 amide bonds. The van der Waals surface area contributed by atoms with Gasteiger partial charge in [-0.05, 0) is 24.1 Å². The van der Waals surface area contributed by atoms with Gasteiger partial charge < -0.3 is 10.6 Å². The van der Waals surface area contributed by atoms with Gasteiger partial charge in [-0.25, -0.2) is 12.8 Å². The lowest BCUT2D eigenvalue weighted by Gasteiger charge is -2.19. The van der Waals surface area contributed by atoms with E-state index in [0.717, 1.165) is 12.3 Å². The fourth-order valence-electron chi connectivity index (χ4n) is 2.16. The van der Waals surface area contributed by atoms with Crippen molar-refractivity contribution in [2.24, 2.45) is 11.7 Å². The predicted molar refractivity (Wildman–Crippen MR) is 68.9 cm³/mol. The zero-order valence-electron chi connectivity index (χ0n) is 10.4. The van der Waals surface area contributed by atoms with Gasteiger partial charge >= 0.3 is 0 Å². The second-order valence-electron chi connectivity index (χ2n) is 4.93. The number of rotatable bonds is 2. The van der Waals surface area contributed by atoms with Crippen LogP contribution in [0.5, 0.6) is 0 Å². The lowest BCUT2D eigenvalue weighted by Crippen LogP contribution is -2.28. The van der Waals surface area contributed by atoms with Crippen LogP contribution in [0.1, 0.15) is 6.92 Å². The topological polar surface area (TPSA) is 63.4 Å². The van der Waals surface area contributed by atoms with Crippen LogP contribution in [0.25, 0.3) is 0 Å². The standard InChI is InChI=1S/C12H17FN2O2S/c1-8-6-15(7-11(8)14)12-4-3-9(5-10(12)13)18(2,16)17/h3-5,8,11H,6-7,14H2,1-2H3. The zero-order chi connectivity index (χ0) is 13.5. The first kappa shape index (κ1) is 13.3. The monoisotopic (exact) mass is 272 g/mol. The minimum Gasteiger partial charge on any atom is -0.367 e. The Morgan fingerprint density at radius 3 is 2.50 bits per heavy atom. The maximum absolute atomic E-state index is 13.9. The number of anilines is 1. The molecular weight excluding hydrogens is 255 g/mol. The van der Waals surface area contributed by atoms with Gasteiger partial charge in [0.2, 0.25) is 0 Å². The van der Waals surface area contributed by atoms with Gasteiger partial charge in [0.25, 0.3) is 0 Å². The number of benzene rings is 1. The van der Waals surface area contributed by atoms with Crippen LogP contribution in [0.15, 0.2) is 23.1 Å². The molecule has 1 heterocycles. The van der Waals surface area contributed by atoms with Crippen LogP contribution in [0.3, 0.4) is 0 Å². The Kier molecular flexibility index (Phi) is 3.33. The van der Waals surface area contributed by atoms with Crippen molar-refractivity contribution < 1.29 is 12.8 Å². The number of hydrogen-bond acceptors (Lipinski definition) is 4. The molecule has 2 rings (SSSR count). The Bertz CT molecular complexity index is 549. The van der Waals surface area contributed by atoms with E-state index in [0.29, 0.717) is 24.7 Å². The maximum Gasteiger partial charge on any atom is 0.175 e. The summed E-state index contributed by atoms with van der Waals surface area (Å²) in [5.74, 6) is -0.210. The van der Waals surface area contributed by atoms with Crippen LogP contribution in [0.4, 0.5) is 10.1 Å². The molecule has 0 spiro atoms. The third-order valence-corrected chi connectivity index (χ3v) is 4.47. The van der Waals surface area contributed by atoms with Crippen molar-refractivity contribution >= 4 is 15.5 Å². The summed E-state index contributed by atoms with van der Waals surface area (Å²) in [5.41, 5.74) is 6.31. The van der Waals surface area contributed by atoms with Gasteiger partial charge in [-0.15, -0.1) is 0 Å². The Balaban J connectivity index is 2.32. The second-order valence-corrected chi connectivity index (χ2v) is 6.95. The molecule has 1 aliphatic heterocycles. The van der Waals surface area contributed by atoms with Gasteiger partial charge in [0.15, 0.2) is 9.84 Å². The predicted octanol–water partition coefficient (Wildman–Crippen LogP) is 1.01. The third kappa shape index (κ3) is 2.49. The van der Waals surface area contributed by atoms with Crippen molar-refractivity contribution in [2.75, 3.05) is 24.2 Å². The summed E-state index contributed by atoms with van der Waals surface area (Å²) >= 11 is 0. The number of nitrogens with zero attached hydrogens (tertiary/aromatic N) is 1. The molecule has 1 aromatic carbocycles. The van der Waals surface area contributed by atoms with Crippen molar-refractivity contribution in [3.05, 3.63) is 24.0 Å². The van der Waals surface area contributed by atoms with Crippen LogP contribution >= 0.6 is 0 Å². The molecule has 1 saturated heterocycles. The van der Waals surface area contributed by atoms with E-state index in [1.165, 1.54) is 12.1 Å². The molecule has 0 bridgehead atoms. The molecule has 18 heavy (non-hydrogen) atoms. The van der Waals surface area contributed by atoms with E-state index in [9.17, 15) is 12.8 Å². The Morgan fingerprint density at radius 2 is 2.06 bits per heavy atom. The smallest absolute Gasteiger partial charge is 0.175 e. The van der Waals surface area contributed by atoms with Crippen LogP contribution in [0.2, 0.25) is 0 Å². The molecule has 6 heteroatoms. The summed E-state index contributed by atoms with van der Waals surface area (Å²) < 4.78 is 36.6. The van der Waals surface area contributed by atoms with Gasteiger partial charge in [0, 0.05) is 25.4 Å². The molecule has 1 aliphatic rings. The molecule has 2 atom stereocenters. The van der Waals surface area contributed by atoms with E-state index < -0.39 is 15.7 Å². The number of nitrogens with two attached hydrogens (primary N) is 1. The van der Waals surface area contributed by atoms with Crippen LogP contribution in [-0.4, -0.2) is 33.8 Å². The number of halogens is 1. The Hall–Kier alpha value is -1.14. The van der Waals surface area contributed by atoms with E-state index >= 15 is 0 Å². The van der Waals surface area contributed by atoms with E-state index in [4.69, 9.17) is 5.73 Å². The zero-order valence-corrected chi connectivity index (χ0v) is 11.2. The van der Waals surface area contributed by atoms with Crippen molar-refractivity contribution in [1.82, 2.24) is 0 Å². The summed E-state index contributed by atoms with van der Waals surface area (Å²) in [6.07, 6.45) is 1.06. The minimum atomic E-state index is -3.37. The summed E-state index contributed by atoms with van der Waals surface area (Å²) in [7, 11) is -3.37. The van der Waals surface area contributed by atoms with Gasteiger partial charge in [0.1, 0.15) is 5.82 Å². The first-order chi connectivity index (χ1) is 8.29. The van der Waals surface area contributed by atoms with E-state index in [-0.39, 0.29) is 10.9 Å². The minimum absolute atomic E-state index is 0.000272. The molecule has 2 unspecified atom stereocenters. The van der Waals surface area contributed by atoms with Gasteiger partial charge in [-0.2, -0.15) is 0 Å². The lowest BCUT2D eigenvalue weighted by atomic mass is 10.1. The normalized spacial score (nSPS) is 24.6. The average Bonchev–Trinajstić information content (AvgIpc) is 2.57. The fourth-order valence-corrected chi connectivity index (χ4v) is 2.80. The molecule has 4 nitrogen and oxygen atoms in total. The summed E-state index contributed by atoms with van der Waals surface area (Å²) in [4.78, 5) is 1.86. The van der Waals surface area contributed by atoms with Gasteiger partial charge in [0.05, 0.1) is 10.6 Å². The van der Waals surface area contributed by atoms with Crippen molar-refractivity contribution in [1.29, 1.82) is 0 Å². The highest BCUT2D eigenvalue weighted by Gasteiger charge is 2.28. The van der Waals surface area contributed by atoms with Crippen LogP contribution in [-0.2, 0) is 9.84 Å². The van der Waals surface area contributed by atoms with Gasteiger partial charge in [-0.3, -0.25) is 0 Å². The molecule has 1 fully saturated rings. The molecule has 1 aromatic rings. The van der Waals surface area contributed by atoms with Crippen LogP contribution in [0, 0.1) is 11.7 Å². The van der Waals surface area contributed by atoms with E-state index in [2.05, 4.69) is 0 Å². The molecular formula is C12H17FN2O2S. The first-order valence-corrected chi connectivity index (χ1v) is 7.68. The lowest BCUT2D eigenvalue weighted by molar-refractivity contribution is 0.565. The maximum atomic E-state index is 13.9. The van der Waals surface area contributed by atoms with Crippen molar-refractivity contribution in [3.63, 3.8) is 0 Å². The van der Waals surface area contributed by atoms with Crippen molar-refractivity contribution in [3.8, 4) is 0 Å². The third-order valence-electron chi connectivity index (χ3n) is 3.36. The first-order valence-electron chi connectivity index (χ1n) is 5.79. The molecule has 0 saturated carbocycles. The largest absolute Gasteiger partial charge is 0.367 e. The molecule has 0 aliphatic carbocycles. The highest BCUT2D eigenvalue weighted by molar-refractivity contribution is 7.90. The summed E-state index contributed by atoms with van der Waals surface area (Å²) in [5, 5.41) is 0. The van der Waals surface area contributed by atoms with E-state index in [1.807, 2.05) is 11.8 Å². The highest BCUT2D eigenvalue weighted by atomic mass is 32.2. The van der Waals surface area contributed by atoms with Crippen molar-refractivity contribution in [2.45, 2.75) is 17.9 Å². The molecule has 100 valence electrons. The molecule has 0 radical (unpaired) electrons. The summed E-state index contributed by atoms with van der Waals surface area (Å²) in [6, 6.07) is 4.04. The number of hydrogen-bond donors (Lipinski definition) is 1. The quantitative estimate of drug-likeness (QED) is 0.873. The van der Waals surface area contributed by atoms with Gasteiger partial charge in [-0.1, -0.05) is 6.92 Å². The number of sulfone groups is 1. The molecule has 2 N–H and O–H groups in total. The van der Waals surface area contributed by atoms with E-state index in [1.54, 1.807) is 0 Å². The van der Waals surface area contributed by atoms with Crippen LogP contribution < -0.4 is 10.6 Å². The fraction of sp³-hybridized carbons (Fsp3) is 0.500. The Morgan fingerprint density at radius 1 is 1.39 bits per heavy atom.